The molecule has 126 valence electrons. The number of anilines is 1. The van der Waals surface area contributed by atoms with Crippen LogP contribution in [0.3, 0.4) is 0 Å². The molecule has 0 saturated heterocycles. The normalized spacial score (nSPS) is 16.0. The highest BCUT2D eigenvalue weighted by Gasteiger charge is 2.34. The molecule has 0 aromatic carbocycles. The Morgan fingerprint density at radius 3 is 2.48 bits per heavy atom. The number of halogens is 4. The zero-order valence-electron chi connectivity index (χ0n) is 12.3. The van der Waals surface area contributed by atoms with Crippen LogP contribution in [0, 0.1) is 0 Å². The van der Waals surface area contributed by atoms with E-state index >= 15 is 0 Å². The summed E-state index contributed by atoms with van der Waals surface area (Å²) >= 11 is 1.36. The highest BCUT2D eigenvalue weighted by atomic mass is 35.5. The molecule has 1 aliphatic carbocycles. The van der Waals surface area contributed by atoms with Crippen LogP contribution in [0.15, 0.2) is 23.6 Å². The second-order valence-electron chi connectivity index (χ2n) is 5.42. The third kappa shape index (κ3) is 4.57. The van der Waals surface area contributed by atoms with E-state index in [4.69, 9.17) is 0 Å². The van der Waals surface area contributed by atoms with Crippen molar-refractivity contribution in [2.45, 2.75) is 44.3 Å². The number of rotatable bonds is 3. The minimum absolute atomic E-state index is 0. The van der Waals surface area contributed by atoms with Crippen molar-refractivity contribution in [3.63, 3.8) is 0 Å². The van der Waals surface area contributed by atoms with Crippen molar-refractivity contribution in [2.24, 2.45) is 0 Å². The Balaban J connectivity index is 0.00000192. The van der Waals surface area contributed by atoms with Gasteiger partial charge in [-0.15, -0.1) is 23.7 Å². The number of thiophene rings is 1. The first-order valence-electron chi connectivity index (χ1n) is 7.29. The molecule has 8 heteroatoms. The van der Waals surface area contributed by atoms with Crippen LogP contribution < -0.4 is 5.32 Å². The minimum Gasteiger partial charge on any atom is -0.351 e. The van der Waals surface area contributed by atoms with Gasteiger partial charge in [-0.2, -0.15) is 13.2 Å². The van der Waals surface area contributed by atoms with Gasteiger partial charge in [0.1, 0.15) is 0 Å². The molecule has 1 saturated carbocycles. The molecule has 3 rings (SSSR count). The van der Waals surface area contributed by atoms with Gasteiger partial charge in [0.25, 0.3) is 0 Å². The first kappa shape index (κ1) is 18.0. The summed E-state index contributed by atoms with van der Waals surface area (Å²) in [5.41, 5.74) is -0.583. The Morgan fingerprint density at radius 2 is 1.87 bits per heavy atom. The van der Waals surface area contributed by atoms with Crippen LogP contribution in [0.25, 0.3) is 10.6 Å². The molecule has 0 spiro atoms. The quantitative estimate of drug-likeness (QED) is 0.794. The lowest BCUT2D eigenvalue weighted by Crippen LogP contribution is -2.24. The summed E-state index contributed by atoms with van der Waals surface area (Å²) < 4.78 is 39.2. The number of alkyl halides is 3. The van der Waals surface area contributed by atoms with E-state index in [1.165, 1.54) is 17.8 Å². The molecule has 0 amide bonds. The van der Waals surface area contributed by atoms with Crippen molar-refractivity contribution >= 4 is 29.7 Å². The molecule has 2 heterocycles. The molecule has 2 aromatic heterocycles. The van der Waals surface area contributed by atoms with Crippen LogP contribution >= 0.6 is 23.7 Å². The monoisotopic (exact) mass is 363 g/mol. The Hall–Kier alpha value is -1.34. The molecule has 0 atom stereocenters. The van der Waals surface area contributed by atoms with Gasteiger partial charge in [0.15, 0.2) is 5.69 Å². The van der Waals surface area contributed by atoms with Crippen molar-refractivity contribution in [2.75, 3.05) is 5.32 Å². The van der Waals surface area contributed by atoms with Crippen molar-refractivity contribution in [3.05, 3.63) is 29.3 Å². The molecule has 3 nitrogen and oxygen atoms in total. The molecule has 0 unspecified atom stereocenters. The molecule has 0 bridgehead atoms. The second kappa shape index (κ2) is 7.49. The van der Waals surface area contributed by atoms with Crippen LogP contribution in [0.1, 0.15) is 37.8 Å². The molecule has 1 aliphatic rings. The zero-order chi connectivity index (χ0) is 15.6. The van der Waals surface area contributed by atoms with Crippen LogP contribution in [-0.4, -0.2) is 16.0 Å². The van der Waals surface area contributed by atoms with Gasteiger partial charge in [-0.05, 0) is 30.4 Å². The lowest BCUT2D eigenvalue weighted by Gasteiger charge is -2.23. The fraction of sp³-hybridized carbons (Fsp3) is 0.467. The van der Waals surface area contributed by atoms with E-state index in [0.717, 1.165) is 31.7 Å². The minimum atomic E-state index is -4.47. The Morgan fingerprint density at radius 1 is 1.13 bits per heavy atom. The molecular formula is C15H17ClF3N3S. The second-order valence-corrected chi connectivity index (χ2v) is 6.36. The molecule has 2 aromatic rings. The summed E-state index contributed by atoms with van der Waals surface area (Å²) in [5, 5.41) is 4.90. The molecule has 1 fully saturated rings. The van der Waals surface area contributed by atoms with Crippen LogP contribution in [0.5, 0.6) is 0 Å². The standard InChI is InChI=1S/C15H16F3N3S.ClH/c16-15(17,18)13-9-11(12-7-4-8-22-12)20-14(21-13)19-10-5-2-1-3-6-10;/h4,7-10H,1-3,5-6H2,(H,19,20,21);1H. The largest absolute Gasteiger partial charge is 0.433 e. The van der Waals surface area contributed by atoms with Crippen LogP contribution in [0.4, 0.5) is 19.1 Å². The van der Waals surface area contributed by atoms with Gasteiger partial charge in [0.05, 0.1) is 10.6 Å². The summed E-state index contributed by atoms with van der Waals surface area (Å²) in [6, 6.07) is 4.73. The number of hydrogen-bond donors (Lipinski definition) is 1. The predicted octanol–water partition coefficient (Wildman–Crippen LogP) is 5.39. The van der Waals surface area contributed by atoms with Gasteiger partial charge < -0.3 is 5.32 Å². The zero-order valence-corrected chi connectivity index (χ0v) is 13.9. The number of aromatic nitrogens is 2. The first-order chi connectivity index (χ1) is 10.5. The van der Waals surface area contributed by atoms with Gasteiger partial charge in [-0.1, -0.05) is 25.3 Å². The molecule has 0 radical (unpaired) electrons. The maximum atomic E-state index is 13.1. The molecule has 23 heavy (non-hydrogen) atoms. The van der Waals surface area contributed by atoms with Crippen LogP contribution in [-0.2, 0) is 6.18 Å². The Kier molecular flexibility index (Phi) is 5.86. The van der Waals surface area contributed by atoms with E-state index in [2.05, 4.69) is 15.3 Å². The third-order valence-corrected chi connectivity index (χ3v) is 4.62. The van der Waals surface area contributed by atoms with Crippen molar-refractivity contribution < 1.29 is 13.2 Å². The highest BCUT2D eigenvalue weighted by Crippen LogP contribution is 2.33. The summed E-state index contributed by atoms with van der Waals surface area (Å²) in [7, 11) is 0. The van der Waals surface area contributed by atoms with E-state index in [1.807, 2.05) is 5.38 Å². The number of nitrogens with zero attached hydrogens (tertiary/aromatic N) is 2. The average molecular weight is 364 g/mol. The van der Waals surface area contributed by atoms with Crippen molar-refractivity contribution in [1.29, 1.82) is 0 Å². The summed E-state index contributed by atoms with van der Waals surface area (Å²) in [5.74, 6) is 0.0742. The first-order valence-corrected chi connectivity index (χ1v) is 8.17. The van der Waals surface area contributed by atoms with Crippen molar-refractivity contribution in [3.8, 4) is 10.6 Å². The van der Waals surface area contributed by atoms with Crippen LogP contribution in [0.2, 0.25) is 0 Å². The van der Waals surface area contributed by atoms with Gasteiger partial charge in [-0.3, -0.25) is 0 Å². The SMILES string of the molecule is Cl.FC(F)(F)c1cc(-c2cccs2)nc(NC2CCCCC2)n1. The summed E-state index contributed by atoms with van der Waals surface area (Å²) in [6.07, 6.45) is 0.796. The van der Waals surface area contributed by atoms with Gasteiger partial charge in [0, 0.05) is 6.04 Å². The van der Waals surface area contributed by atoms with E-state index < -0.39 is 11.9 Å². The smallest absolute Gasteiger partial charge is 0.351 e. The van der Waals surface area contributed by atoms with Gasteiger partial charge >= 0.3 is 6.18 Å². The lowest BCUT2D eigenvalue weighted by molar-refractivity contribution is -0.141. The summed E-state index contributed by atoms with van der Waals surface area (Å²) in [6.45, 7) is 0. The predicted molar refractivity (Wildman–Crippen MR) is 88.1 cm³/mol. The molecule has 0 aliphatic heterocycles. The maximum Gasteiger partial charge on any atom is 0.433 e. The number of nitrogens with one attached hydrogen (secondary N) is 1. The average Bonchev–Trinajstić information content (AvgIpc) is 3.01. The highest BCUT2D eigenvalue weighted by molar-refractivity contribution is 7.13. The van der Waals surface area contributed by atoms with Gasteiger partial charge in [-0.25, -0.2) is 9.97 Å². The molecular weight excluding hydrogens is 347 g/mol. The number of hydrogen-bond acceptors (Lipinski definition) is 4. The topological polar surface area (TPSA) is 37.8 Å². The van der Waals surface area contributed by atoms with Gasteiger partial charge in [0.2, 0.25) is 5.95 Å². The van der Waals surface area contributed by atoms with E-state index in [9.17, 15) is 13.2 Å². The third-order valence-electron chi connectivity index (χ3n) is 3.73. The fourth-order valence-corrected chi connectivity index (χ4v) is 3.32. The van der Waals surface area contributed by atoms with E-state index in [-0.39, 0.29) is 24.4 Å². The Labute approximate surface area is 142 Å². The maximum absolute atomic E-state index is 13.1. The molecule has 1 N–H and O–H groups in total. The van der Waals surface area contributed by atoms with Crippen molar-refractivity contribution in [1.82, 2.24) is 9.97 Å². The Bertz CT molecular complexity index is 625. The van der Waals surface area contributed by atoms with E-state index in [0.29, 0.717) is 10.6 Å². The lowest BCUT2D eigenvalue weighted by atomic mass is 9.96. The van der Waals surface area contributed by atoms with E-state index in [1.54, 1.807) is 12.1 Å². The summed E-state index contributed by atoms with van der Waals surface area (Å²) in [4.78, 5) is 8.65. The fourth-order valence-electron chi connectivity index (χ4n) is 2.64.